The van der Waals surface area contributed by atoms with E-state index in [0.29, 0.717) is 19.0 Å². The summed E-state index contributed by atoms with van der Waals surface area (Å²) in [5.74, 6) is -0.512. The van der Waals surface area contributed by atoms with Crippen molar-refractivity contribution in [2.45, 2.75) is 32.9 Å². The number of hydrogen-bond donors (Lipinski definition) is 2. The molecule has 0 saturated heterocycles. The fourth-order valence-corrected chi connectivity index (χ4v) is 1.95. The van der Waals surface area contributed by atoms with Crippen molar-refractivity contribution >= 4 is 5.97 Å². The summed E-state index contributed by atoms with van der Waals surface area (Å²) in [5.41, 5.74) is 2.53. The lowest BCUT2D eigenvalue weighted by atomic mass is 10.0. The van der Waals surface area contributed by atoms with Gasteiger partial charge in [-0.3, -0.25) is 4.68 Å². The maximum absolute atomic E-state index is 10.7. The Morgan fingerprint density at radius 3 is 2.62 bits per heavy atom. The Labute approximate surface area is 123 Å². The molecule has 0 bridgehead atoms. The molecule has 2 N–H and O–H groups in total. The second kappa shape index (κ2) is 6.99. The van der Waals surface area contributed by atoms with Crippen molar-refractivity contribution < 1.29 is 9.90 Å². The highest BCUT2D eigenvalue weighted by atomic mass is 16.4. The molecule has 0 amide bonds. The summed E-state index contributed by atoms with van der Waals surface area (Å²) in [7, 11) is 0. The molecule has 0 saturated carbocycles. The molecule has 1 heterocycles. The third-order valence-corrected chi connectivity index (χ3v) is 3.25. The van der Waals surface area contributed by atoms with E-state index in [0.717, 1.165) is 6.54 Å². The van der Waals surface area contributed by atoms with Crippen LogP contribution in [-0.2, 0) is 13.1 Å². The predicted octanol–water partition coefficient (Wildman–Crippen LogP) is 1.89. The number of nitrogens with zero attached hydrogens (tertiary/aromatic N) is 3. The number of nitrogens with one attached hydrogen (secondary N) is 1. The summed E-state index contributed by atoms with van der Waals surface area (Å²) in [6.45, 7) is 6.42. The maximum Gasteiger partial charge on any atom is 0.358 e. The molecular weight excluding hydrogens is 268 g/mol. The zero-order valence-corrected chi connectivity index (χ0v) is 12.3. The highest BCUT2D eigenvalue weighted by Gasteiger charge is 2.07. The van der Waals surface area contributed by atoms with Crippen LogP contribution in [0.25, 0.3) is 0 Å². The SMILES string of the molecule is CC(C)c1ccc(CNCCn2cc(C(=O)O)nn2)cc1. The van der Waals surface area contributed by atoms with Crippen LogP contribution in [0.1, 0.15) is 41.4 Å². The molecule has 2 aromatic rings. The van der Waals surface area contributed by atoms with E-state index in [-0.39, 0.29) is 5.69 Å². The van der Waals surface area contributed by atoms with Gasteiger partial charge in [0.1, 0.15) is 0 Å². The monoisotopic (exact) mass is 288 g/mol. The molecule has 1 aromatic heterocycles. The minimum Gasteiger partial charge on any atom is -0.476 e. The topological polar surface area (TPSA) is 80.0 Å². The Balaban J connectivity index is 1.75. The number of aromatic carboxylic acids is 1. The fourth-order valence-electron chi connectivity index (χ4n) is 1.95. The van der Waals surface area contributed by atoms with E-state index in [1.807, 2.05) is 0 Å². The molecule has 0 fully saturated rings. The molecule has 2 rings (SSSR count). The molecule has 0 aliphatic carbocycles. The van der Waals surface area contributed by atoms with Crippen LogP contribution in [0.2, 0.25) is 0 Å². The highest BCUT2D eigenvalue weighted by molar-refractivity contribution is 5.84. The van der Waals surface area contributed by atoms with Crippen molar-refractivity contribution in [2.75, 3.05) is 6.54 Å². The van der Waals surface area contributed by atoms with Crippen molar-refractivity contribution in [2.24, 2.45) is 0 Å². The molecule has 0 atom stereocenters. The maximum atomic E-state index is 10.7. The average Bonchev–Trinajstić information content (AvgIpc) is 2.93. The van der Waals surface area contributed by atoms with Crippen molar-refractivity contribution in [3.8, 4) is 0 Å². The van der Waals surface area contributed by atoms with E-state index in [4.69, 9.17) is 5.11 Å². The molecule has 0 radical (unpaired) electrons. The Hall–Kier alpha value is -2.21. The number of benzene rings is 1. The first-order valence-electron chi connectivity index (χ1n) is 6.99. The summed E-state index contributed by atoms with van der Waals surface area (Å²) in [5, 5.41) is 19.4. The summed E-state index contributed by atoms with van der Waals surface area (Å²) < 4.78 is 1.53. The van der Waals surface area contributed by atoms with Crippen LogP contribution in [0, 0.1) is 0 Å². The average molecular weight is 288 g/mol. The Kier molecular flexibility index (Phi) is 5.05. The van der Waals surface area contributed by atoms with Gasteiger partial charge in [0.15, 0.2) is 5.69 Å². The quantitative estimate of drug-likeness (QED) is 0.760. The minimum atomic E-state index is -1.06. The molecule has 0 unspecified atom stereocenters. The highest BCUT2D eigenvalue weighted by Crippen LogP contribution is 2.14. The molecular formula is C15H20N4O2. The molecule has 21 heavy (non-hydrogen) atoms. The first kappa shape index (κ1) is 15.2. The van der Waals surface area contributed by atoms with Crippen LogP contribution < -0.4 is 5.32 Å². The number of carboxylic acids is 1. The first-order chi connectivity index (χ1) is 10.1. The minimum absolute atomic E-state index is 0.0284. The van der Waals surface area contributed by atoms with Gasteiger partial charge in [-0.25, -0.2) is 4.79 Å². The molecule has 6 heteroatoms. The smallest absolute Gasteiger partial charge is 0.358 e. The number of hydrogen-bond acceptors (Lipinski definition) is 4. The zero-order chi connectivity index (χ0) is 15.2. The summed E-state index contributed by atoms with van der Waals surface area (Å²) >= 11 is 0. The molecule has 0 spiro atoms. The summed E-state index contributed by atoms with van der Waals surface area (Å²) in [4.78, 5) is 10.7. The second-order valence-corrected chi connectivity index (χ2v) is 5.25. The van der Waals surface area contributed by atoms with Crippen LogP contribution in [0.4, 0.5) is 0 Å². The lowest BCUT2D eigenvalue weighted by Crippen LogP contribution is -2.19. The van der Waals surface area contributed by atoms with Crippen molar-refractivity contribution in [3.05, 3.63) is 47.3 Å². The van der Waals surface area contributed by atoms with E-state index in [1.165, 1.54) is 22.0 Å². The van der Waals surface area contributed by atoms with Crippen LogP contribution >= 0.6 is 0 Å². The van der Waals surface area contributed by atoms with E-state index in [9.17, 15) is 4.79 Å². The van der Waals surface area contributed by atoms with E-state index in [2.05, 4.69) is 53.7 Å². The third kappa shape index (κ3) is 4.39. The van der Waals surface area contributed by atoms with Gasteiger partial charge in [0.25, 0.3) is 0 Å². The van der Waals surface area contributed by atoms with E-state index in [1.54, 1.807) is 0 Å². The Bertz CT molecular complexity index is 590. The molecule has 1 aromatic carbocycles. The fraction of sp³-hybridized carbons (Fsp3) is 0.400. The van der Waals surface area contributed by atoms with Crippen LogP contribution in [0.15, 0.2) is 30.5 Å². The van der Waals surface area contributed by atoms with Crippen LogP contribution in [-0.4, -0.2) is 32.6 Å². The van der Waals surface area contributed by atoms with Crippen LogP contribution in [0.3, 0.4) is 0 Å². The van der Waals surface area contributed by atoms with Crippen molar-refractivity contribution in [3.63, 3.8) is 0 Å². The van der Waals surface area contributed by atoms with Gasteiger partial charge in [0.2, 0.25) is 0 Å². The predicted molar refractivity (Wildman–Crippen MR) is 79.2 cm³/mol. The lowest BCUT2D eigenvalue weighted by molar-refractivity contribution is 0.0690. The number of rotatable bonds is 7. The normalized spacial score (nSPS) is 11.0. The zero-order valence-electron chi connectivity index (χ0n) is 12.3. The molecule has 6 nitrogen and oxygen atoms in total. The number of carbonyl (C=O) groups is 1. The number of carboxylic acid groups (broad SMARTS) is 1. The Morgan fingerprint density at radius 1 is 1.33 bits per heavy atom. The van der Waals surface area contributed by atoms with E-state index >= 15 is 0 Å². The summed E-state index contributed by atoms with van der Waals surface area (Å²) in [6.07, 6.45) is 1.43. The van der Waals surface area contributed by atoms with Crippen molar-refractivity contribution in [1.82, 2.24) is 20.3 Å². The van der Waals surface area contributed by atoms with Gasteiger partial charge in [0, 0.05) is 13.1 Å². The van der Waals surface area contributed by atoms with Gasteiger partial charge in [-0.2, -0.15) is 0 Å². The van der Waals surface area contributed by atoms with Gasteiger partial charge < -0.3 is 10.4 Å². The second-order valence-electron chi connectivity index (χ2n) is 5.25. The standard InChI is InChI=1S/C15H20N4O2/c1-11(2)13-5-3-12(4-6-13)9-16-7-8-19-10-14(15(20)21)17-18-19/h3-6,10-11,16H,7-9H2,1-2H3,(H,20,21). The van der Waals surface area contributed by atoms with Gasteiger partial charge in [-0.1, -0.05) is 43.3 Å². The van der Waals surface area contributed by atoms with Gasteiger partial charge in [-0.15, -0.1) is 5.10 Å². The Morgan fingerprint density at radius 2 is 2.05 bits per heavy atom. The van der Waals surface area contributed by atoms with Gasteiger partial charge in [-0.05, 0) is 17.0 Å². The summed E-state index contributed by atoms with van der Waals surface area (Å²) in [6, 6.07) is 8.55. The van der Waals surface area contributed by atoms with Gasteiger partial charge >= 0.3 is 5.97 Å². The molecule has 112 valence electrons. The van der Waals surface area contributed by atoms with Crippen molar-refractivity contribution in [1.29, 1.82) is 0 Å². The largest absolute Gasteiger partial charge is 0.476 e. The molecule has 0 aliphatic rings. The first-order valence-corrected chi connectivity index (χ1v) is 6.99. The molecule has 0 aliphatic heterocycles. The van der Waals surface area contributed by atoms with E-state index < -0.39 is 5.97 Å². The number of aromatic nitrogens is 3. The third-order valence-electron chi connectivity index (χ3n) is 3.25. The van der Waals surface area contributed by atoms with Crippen LogP contribution in [0.5, 0.6) is 0 Å². The van der Waals surface area contributed by atoms with Gasteiger partial charge in [0.05, 0.1) is 12.7 Å². The lowest BCUT2D eigenvalue weighted by Gasteiger charge is -2.08.